The monoisotopic (exact) mass is 251 g/mol. The number of nitrogens with zero attached hydrogens (tertiary/aromatic N) is 3. The van der Waals surface area contributed by atoms with Gasteiger partial charge in [-0.15, -0.1) is 0 Å². The number of hydrogen-bond acceptors (Lipinski definition) is 3. The molecule has 5 heteroatoms. The van der Waals surface area contributed by atoms with Gasteiger partial charge in [0.2, 0.25) is 0 Å². The molecule has 0 atom stereocenters. The molecule has 2 aromatic rings. The van der Waals surface area contributed by atoms with Crippen molar-refractivity contribution in [3.05, 3.63) is 47.6 Å². The molecule has 1 heterocycles. The number of halogens is 2. The fourth-order valence-electron chi connectivity index (χ4n) is 1.57. The predicted molar refractivity (Wildman–Crippen MR) is 66.1 cm³/mol. The van der Waals surface area contributed by atoms with Crippen LogP contribution in [0, 0.1) is 5.82 Å². The first-order valence-electron chi connectivity index (χ1n) is 5.22. The maximum Gasteiger partial charge on any atom is 0.172 e. The first-order valence-corrected chi connectivity index (χ1v) is 5.59. The Kier molecular flexibility index (Phi) is 3.54. The van der Waals surface area contributed by atoms with Crippen LogP contribution in [0.1, 0.15) is 6.92 Å². The van der Waals surface area contributed by atoms with E-state index in [2.05, 4.69) is 9.97 Å². The third-order valence-corrected chi connectivity index (χ3v) is 2.61. The Bertz CT molecular complexity index is 501. The highest BCUT2D eigenvalue weighted by Gasteiger charge is 2.12. The quantitative estimate of drug-likeness (QED) is 0.837. The SMILES string of the molecule is CCN(c1ccc(F)cc1)c1nccnc1Cl. The van der Waals surface area contributed by atoms with Gasteiger partial charge >= 0.3 is 0 Å². The molecule has 1 aromatic heterocycles. The summed E-state index contributed by atoms with van der Waals surface area (Å²) >= 11 is 5.99. The maximum atomic E-state index is 12.9. The lowest BCUT2D eigenvalue weighted by molar-refractivity contribution is 0.628. The molecule has 2 rings (SSSR count). The fraction of sp³-hybridized carbons (Fsp3) is 0.167. The van der Waals surface area contributed by atoms with E-state index >= 15 is 0 Å². The Morgan fingerprint density at radius 3 is 2.41 bits per heavy atom. The zero-order valence-corrected chi connectivity index (χ0v) is 10.0. The van der Waals surface area contributed by atoms with Crippen LogP contribution >= 0.6 is 11.6 Å². The van der Waals surface area contributed by atoms with Crippen molar-refractivity contribution in [2.45, 2.75) is 6.92 Å². The third kappa shape index (κ3) is 2.53. The van der Waals surface area contributed by atoms with E-state index in [4.69, 9.17) is 11.6 Å². The summed E-state index contributed by atoms with van der Waals surface area (Å²) < 4.78 is 12.9. The molecule has 0 aliphatic heterocycles. The molecule has 0 bridgehead atoms. The molecule has 0 unspecified atom stereocenters. The summed E-state index contributed by atoms with van der Waals surface area (Å²) in [7, 11) is 0. The summed E-state index contributed by atoms with van der Waals surface area (Å²) in [6, 6.07) is 6.18. The van der Waals surface area contributed by atoms with Gasteiger partial charge in [-0.2, -0.15) is 0 Å². The summed E-state index contributed by atoms with van der Waals surface area (Å²) in [6.45, 7) is 2.64. The Labute approximate surface area is 104 Å². The molecule has 17 heavy (non-hydrogen) atoms. The van der Waals surface area contributed by atoms with E-state index in [9.17, 15) is 4.39 Å². The summed E-state index contributed by atoms with van der Waals surface area (Å²) in [4.78, 5) is 10.0. The Morgan fingerprint density at radius 2 is 1.82 bits per heavy atom. The lowest BCUT2D eigenvalue weighted by Gasteiger charge is -2.22. The van der Waals surface area contributed by atoms with Gasteiger partial charge in [0.05, 0.1) is 0 Å². The molecule has 0 fully saturated rings. The van der Waals surface area contributed by atoms with Crippen molar-refractivity contribution in [2.24, 2.45) is 0 Å². The van der Waals surface area contributed by atoms with E-state index in [-0.39, 0.29) is 5.82 Å². The molecule has 0 aliphatic rings. The average molecular weight is 252 g/mol. The fourth-order valence-corrected chi connectivity index (χ4v) is 1.78. The van der Waals surface area contributed by atoms with Crippen LogP contribution in [0.15, 0.2) is 36.7 Å². The minimum atomic E-state index is -0.268. The van der Waals surface area contributed by atoms with E-state index in [1.165, 1.54) is 18.3 Å². The average Bonchev–Trinajstić information content (AvgIpc) is 2.35. The number of anilines is 2. The highest BCUT2D eigenvalue weighted by Crippen LogP contribution is 2.27. The van der Waals surface area contributed by atoms with Gasteiger partial charge in [-0.25, -0.2) is 14.4 Å². The topological polar surface area (TPSA) is 29.0 Å². The minimum Gasteiger partial charge on any atom is -0.324 e. The van der Waals surface area contributed by atoms with E-state index in [0.29, 0.717) is 17.5 Å². The molecule has 0 N–H and O–H groups in total. The highest BCUT2D eigenvalue weighted by molar-refractivity contribution is 6.31. The zero-order chi connectivity index (χ0) is 12.3. The van der Waals surface area contributed by atoms with Crippen molar-refractivity contribution in [1.82, 2.24) is 9.97 Å². The van der Waals surface area contributed by atoms with Crippen molar-refractivity contribution in [1.29, 1.82) is 0 Å². The van der Waals surface area contributed by atoms with Crippen LogP contribution in [-0.2, 0) is 0 Å². The van der Waals surface area contributed by atoms with Gasteiger partial charge in [0, 0.05) is 24.6 Å². The normalized spacial score (nSPS) is 10.3. The molecule has 0 saturated carbocycles. The van der Waals surface area contributed by atoms with Crippen LogP contribution in [0.5, 0.6) is 0 Å². The second-order valence-electron chi connectivity index (χ2n) is 3.39. The molecule has 3 nitrogen and oxygen atoms in total. The molecule has 0 spiro atoms. The zero-order valence-electron chi connectivity index (χ0n) is 9.27. The van der Waals surface area contributed by atoms with Crippen molar-refractivity contribution >= 4 is 23.1 Å². The summed E-state index contributed by atoms with van der Waals surface area (Å²) in [5.74, 6) is 0.304. The van der Waals surface area contributed by atoms with Crippen LogP contribution in [-0.4, -0.2) is 16.5 Å². The van der Waals surface area contributed by atoms with E-state index in [1.54, 1.807) is 18.3 Å². The predicted octanol–water partition coefficient (Wildman–Crippen LogP) is 3.43. The van der Waals surface area contributed by atoms with Crippen molar-refractivity contribution in [3.8, 4) is 0 Å². The molecule has 0 amide bonds. The maximum absolute atomic E-state index is 12.9. The van der Waals surface area contributed by atoms with Crippen LogP contribution in [0.3, 0.4) is 0 Å². The standard InChI is InChI=1S/C12H11ClFN3/c1-2-17(10-5-3-9(14)4-6-10)12-11(13)15-7-8-16-12/h3-8H,2H2,1H3. The summed E-state index contributed by atoms with van der Waals surface area (Å²) in [5, 5.41) is 0.332. The Morgan fingerprint density at radius 1 is 1.18 bits per heavy atom. The first-order chi connectivity index (χ1) is 8.22. The highest BCUT2D eigenvalue weighted by atomic mass is 35.5. The van der Waals surface area contributed by atoms with Gasteiger partial charge in [0.15, 0.2) is 11.0 Å². The molecular formula is C12H11ClFN3. The number of rotatable bonds is 3. The van der Waals surface area contributed by atoms with E-state index < -0.39 is 0 Å². The van der Waals surface area contributed by atoms with Gasteiger partial charge < -0.3 is 4.90 Å². The molecule has 88 valence electrons. The molecule has 0 aliphatic carbocycles. The number of aromatic nitrogens is 2. The van der Waals surface area contributed by atoms with Crippen LogP contribution in [0.2, 0.25) is 5.15 Å². The third-order valence-electron chi connectivity index (χ3n) is 2.35. The Hall–Kier alpha value is -1.68. The second-order valence-corrected chi connectivity index (χ2v) is 3.75. The second kappa shape index (κ2) is 5.10. The molecule has 1 aromatic carbocycles. The van der Waals surface area contributed by atoms with Crippen LogP contribution in [0.25, 0.3) is 0 Å². The van der Waals surface area contributed by atoms with E-state index in [1.807, 2.05) is 11.8 Å². The lowest BCUT2D eigenvalue weighted by Crippen LogP contribution is -2.18. The van der Waals surface area contributed by atoms with Gasteiger partial charge in [0.25, 0.3) is 0 Å². The lowest BCUT2D eigenvalue weighted by atomic mass is 10.3. The van der Waals surface area contributed by atoms with Crippen LogP contribution < -0.4 is 4.90 Å². The van der Waals surface area contributed by atoms with Crippen molar-refractivity contribution in [3.63, 3.8) is 0 Å². The van der Waals surface area contributed by atoms with Gasteiger partial charge in [0.1, 0.15) is 5.82 Å². The molecule has 0 radical (unpaired) electrons. The Balaban J connectivity index is 2.40. The first kappa shape index (κ1) is 11.8. The van der Waals surface area contributed by atoms with Crippen molar-refractivity contribution < 1.29 is 4.39 Å². The van der Waals surface area contributed by atoms with Gasteiger partial charge in [-0.05, 0) is 31.2 Å². The smallest absolute Gasteiger partial charge is 0.172 e. The van der Waals surface area contributed by atoms with Gasteiger partial charge in [-0.1, -0.05) is 11.6 Å². The molecular weight excluding hydrogens is 241 g/mol. The van der Waals surface area contributed by atoms with Gasteiger partial charge in [-0.3, -0.25) is 0 Å². The summed E-state index contributed by atoms with van der Waals surface area (Å²) in [5.41, 5.74) is 0.830. The van der Waals surface area contributed by atoms with Crippen LogP contribution in [0.4, 0.5) is 15.9 Å². The van der Waals surface area contributed by atoms with Crippen molar-refractivity contribution in [2.75, 3.05) is 11.4 Å². The van der Waals surface area contributed by atoms with E-state index in [0.717, 1.165) is 5.69 Å². The minimum absolute atomic E-state index is 0.268. The molecule has 0 saturated heterocycles. The summed E-state index contributed by atoms with van der Waals surface area (Å²) in [6.07, 6.45) is 3.11. The largest absolute Gasteiger partial charge is 0.324 e. The number of hydrogen-bond donors (Lipinski definition) is 0. The number of benzene rings is 1.